The molecule has 2 heterocycles. The molecule has 0 saturated carbocycles. The van der Waals surface area contributed by atoms with E-state index in [1.807, 2.05) is 6.07 Å². The van der Waals surface area contributed by atoms with Gasteiger partial charge in [0.25, 0.3) is 0 Å². The van der Waals surface area contributed by atoms with Crippen molar-refractivity contribution in [1.82, 2.24) is 14.8 Å². The Kier molecular flexibility index (Phi) is 3.21. The van der Waals surface area contributed by atoms with Gasteiger partial charge in [0.1, 0.15) is 6.33 Å². The number of hydrogen-bond donors (Lipinski definition) is 0. The number of rotatable bonds is 3. The van der Waals surface area contributed by atoms with Crippen molar-refractivity contribution < 1.29 is 0 Å². The predicted molar refractivity (Wildman–Crippen MR) is 65.9 cm³/mol. The molecule has 0 bridgehead atoms. The summed E-state index contributed by atoms with van der Waals surface area (Å²) >= 11 is 5.13. The molecule has 2 aromatic rings. The average Bonchev–Trinajstić information content (AvgIpc) is 2.72. The van der Waals surface area contributed by atoms with E-state index >= 15 is 0 Å². The Hall–Kier alpha value is -0.680. The highest BCUT2D eigenvalue weighted by Gasteiger charge is 2.10. The molecule has 80 valence electrons. The molecule has 2 aromatic heterocycles. The zero-order valence-corrected chi connectivity index (χ0v) is 11.0. The molecule has 0 unspecified atom stereocenters. The van der Waals surface area contributed by atoms with Crippen molar-refractivity contribution in [3.63, 3.8) is 0 Å². The molecule has 0 aliphatic carbocycles. The van der Waals surface area contributed by atoms with E-state index in [4.69, 9.17) is 0 Å². The lowest BCUT2D eigenvalue weighted by atomic mass is 10.2. The average molecular weight is 286 g/mol. The van der Waals surface area contributed by atoms with Crippen LogP contribution in [0.25, 0.3) is 10.7 Å². The Morgan fingerprint density at radius 2 is 2.27 bits per heavy atom. The van der Waals surface area contributed by atoms with Crippen molar-refractivity contribution in [1.29, 1.82) is 0 Å². The van der Waals surface area contributed by atoms with Crippen molar-refractivity contribution in [2.45, 2.75) is 20.4 Å². The molecule has 0 fully saturated rings. The van der Waals surface area contributed by atoms with Crippen molar-refractivity contribution in [2.75, 3.05) is 0 Å². The van der Waals surface area contributed by atoms with Gasteiger partial charge in [0.05, 0.1) is 8.66 Å². The summed E-state index contributed by atoms with van der Waals surface area (Å²) in [5.41, 5.74) is 0. The van der Waals surface area contributed by atoms with Gasteiger partial charge in [0.2, 0.25) is 0 Å². The molecule has 0 aromatic carbocycles. The summed E-state index contributed by atoms with van der Waals surface area (Å²) < 4.78 is 3.22. The second-order valence-corrected chi connectivity index (χ2v) is 6.27. The first-order chi connectivity index (χ1) is 7.16. The minimum atomic E-state index is 0.600. The third-order valence-corrected chi connectivity index (χ3v) is 3.59. The van der Waals surface area contributed by atoms with Crippen molar-refractivity contribution in [3.05, 3.63) is 22.2 Å². The van der Waals surface area contributed by atoms with Gasteiger partial charge in [-0.1, -0.05) is 13.8 Å². The minimum absolute atomic E-state index is 0.600. The topological polar surface area (TPSA) is 30.7 Å². The van der Waals surface area contributed by atoms with E-state index in [-0.39, 0.29) is 0 Å². The van der Waals surface area contributed by atoms with Gasteiger partial charge in [-0.15, -0.1) is 21.5 Å². The van der Waals surface area contributed by atoms with Crippen LogP contribution in [0.15, 0.2) is 22.2 Å². The third-order valence-electron chi connectivity index (χ3n) is 1.97. The maximum atomic E-state index is 4.16. The quantitative estimate of drug-likeness (QED) is 0.865. The van der Waals surface area contributed by atoms with Crippen molar-refractivity contribution in [2.24, 2.45) is 5.92 Å². The van der Waals surface area contributed by atoms with Gasteiger partial charge in [-0.05, 0) is 34.0 Å². The second kappa shape index (κ2) is 4.45. The predicted octanol–water partition coefficient (Wildman–Crippen LogP) is 3.43. The maximum Gasteiger partial charge on any atom is 0.173 e. The number of nitrogens with zero attached hydrogens (tertiary/aromatic N) is 3. The van der Waals surface area contributed by atoms with Crippen LogP contribution in [0.3, 0.4) is 0 Å². The van der Waals surface area contributed by atoms with Crippen LogP contribution in [0.2, 0.25) is 0 Å². The Labute approximate surface area is 101 Å². The SMILES string of the molecule is CC(C)Cn1cnnc1-c1ccc(Br)s1. The first-order valence-corrected chi connectivity index (χ1v) is 6.41. The third kappa shape index (κ3) is 2.46. The van der Waals surface area contributed by atoms with Crippen LogP contribution in [0.1, 0.15) is 13.8 Å². The summed E-state index contributed by atoms with van der Waals surface area (Å²) in [5, 5.41) is 8.12. The molecular formula is C10H12BrN3S. The number of halogens is 1. The van der Waals surface area contributed by atoms with Crippen LogP contribution < -0.4 is 0 Å². The first kappa shape index (κ1) is 10.8. The number of aromatic nitrogens is 3. The summed E-state index contributed by atoms with van der Waals surface area (Å²) in [7, 11) is 0. The lowest BCUT2D eigenvalue weighted by molar-refractivity contribution is 0.525. The van der Waals surface area contributed by atoms with Gasteiger partial charge in [-0.2, -0.15) is 0 Å². The van der Waals surface area contributed by atoms with Crippen molar-refractivity contribution in [3.8, 4) is 10.7 Å². The van der Waals surface area contributed by atoms with Crippen LogP contribution in [-0.2, 0) is 6.54 Å². The molecule has 0 N–H and O–H groups in total. The number of hydrogen-bond acceptors (Lipinski definition) is 3. The standard InChI is InChI=1S/C10H12BrN3S/c1-7(2)5-14-6-12-13-10(14)8-3-4-9(11)15-8/h3-4,6-7H,5H2,1-2H3. The maximum absolute atomic E-state index is 4.16. The normalized spacial score (nSPS) is 11.2. The van der Waals surface area contributed by atoms with Crippen molar-refractivity contribution >= 4 is 27.3 Å². The first-order valence-electron chi connectivity index (χ1n) is 4.80. The Morgan fingerprint density at radius 1 is 1.47 bits per heavy atom. The summed E-state index contributed by atoms with van der Waals surface area (Å²) in [6.45, 7) is 5.33. The molecule has 0 aliphatic heterocycles. The minimum Gasteiger partial charge on any atom is -0.313 e. The van der Waals surface area contributed by atoms with Gasteiger partial charge in [-0.25, -0.2) is 0 Å². The lowest BCUT2D eigenvalue weighted by Crippen LogP contribution is -2.04. The Balaban J connectivity index is 2.32. The van der Waals surface area contributed by atoms with Gasteiger partial charge in [-0.3, -0.25) is 0 Å². The number of thiophene rings is 1. The van der Waals surface area contributed by atoms with Gasteiger partial charge in [0, 0.05) is 6.54 Å². The molecular weight excluding hydrogens is 274 g/mol. The molecule has 0 aliphatic rings. The zero-order valence-electron chi connectivity index (χ0n) is 8.64. The fourth-order valence-electron chi connectivity index (χ4n) is 1.41. The Morgan fingerprint density at radius 3 is 2.87 bits per heavy atom. The molecule has 3 nitrogen and oxygen atoms in total. The highest BCUT2D eigenvalue weighted by molar-refractivity contribution is 9.11. The summed E-state index contributed by atoms with van der Waals surface area (Å²) in [6, 6.07) is 4.10. The molecule has 5 heteroatoms. The molecule has 0 radical (unpaired) electrons. The van der Waals surface area contributed by atoms with Gasteiger partial charge < -0.3 is 4.57 Å². The molecule has 2 rings (SSSR count). The molecule has 0 saturated heterocycles. The van der Waals surface area contributed by atoms with Crippen LogP contribution >= 0.6 is 27.3 Å². The second-order valence-electron chi connectivity index (χ2n) is 3.80. The molecule has 15 heavy (non-hydrogen) atoms. The fourth-order valence-corrected chi connectivity index (χ4v) is 2.79. The highest BCUT2D eigenvalue weighted by Crippen LogP contribution is 2.29. The van der Waals surface area contributed by atoms with E-state index in [2.05, 4.69) is 50.6 Å². The fraction of sp³-hybridized carbons (Fsp3) is 0.400. The summed E-state index contributed by atoms with van der Waals surface area (Å²) in [5.74, 6) is 1.56. The van der Waals surface area contributed by atoms with Crippen LogP contribution in [-0.4, -0.2) is 14.8 Å². The summed E-state index contributed by atoms with van der Waals surface area (Å²) in [4.78, 5) is 1.15. The lowest BCUT2D eigenvalue weighted by Gasteiger charge is -2.07. The molecule has 0 atom stereocenters. The van der Waals surface area contributed by atoms with E-state index in [9.17, 15) is 0 Å². The van der Waals surface area contributed by atoms with Gasteiger partial charge in [0.15, 0.2) is 5.82 Å². The van der Waals surface area contributed by atoms with E-state index in [1.54, 1.807) is 17.7 Å². The van der Waals surface area contributed by atoms with E-state index in [0.29, 0.717) is 5.92 Å². The molecule has 0 spiro atoms. The zero-order chi connectivity index (χ0) is 10.8. The smallest absolute Gasteiger partial charge is 0.173 e. The van der Waals surface area contributed by atoms with Gasteiger partial charge >= 0.3 is 0 Å². The van der Waals surface area contributed by atoms with E-state index in [0.717, 1.165) is 21.0 Å². The van der Waals surface area contributed by atoms with Crippen LogP contribution in [0.4, 0.5) is 0 Å². The van der Waals surface area contributed by atoms with E-state index < -0.39 is 0 Å². The monoisotopic (exact) mass is 285 g/mol. The van der Waals surface area contributed by atoms with Crippen LogP contribution in [0, 0.1) is 5.92 Å². The highest BCUT2D eigenvalue weighted by atomic mass is 79.9. The Bertz CT molecular complexity index is 447. The largest absolute Gasteiger partial charge is 0.313 e. The van der Waals surface area contributed by atoms with E-state index in [1.165, 1.54) is 0 Å². The molecule has 0 amide bonds. The van der Waals surface area contributed by atoms with Crippen LogP contribution in [0.5, 0.6) is 0 Å². The summed E-state index contributed by atoms with van der Waals surface area (Å²) in [6.07, 6.45) is 1.79.